The molecule has 2 heterocycles. The zero-order chi connectivity index (χ0) is 19.7. The van der Waals surface area contributed by atoms with Gasteiger partial charge in [-0.3, -0.25) is 0 Å². The minimum atomic E-state index is -4.35. The van der Waals surface area contributed by atoms with Crippen molar-refractivity contribution >= 4 is 23.1 Å². The molecule has 0 N–H and O–H groups in total. The number of alkyl halides is 3. The van der Waals surface area contributed by atoms with Crippen molar-refractivity contribution in [2.45, 2.75) is 22.4 Å². The normalized spacial score (nSPS) is 18.1. The van der Waals surface area contributed by atoms with Crippen molar-refractivity contribution in [3.8, 4) is 0 Å². The van der Waals surface area contributed by atoms with E-state index in [9.17, 15) is 13.2 Å². The van der Waals surface area contributed by atoms with Crippen LogP contribution in [-0.4, -0.2) is 56.1 Å². The molecule has 1 fully saturated rings. The monoisotopic (exact) mass is 407 g/mol. The van der Waals surface area contributed by atoms with E-state index < -0.39 is 11.7 Å². The number of hydrogen-bond donors (Lipinski definition) is 0. The van der Waals surface area contributed by atoms with Crippen molar-refractivity contribution < 1.29 is 13.2 Å². The van der Waals surface area contributed by atoms with Gasteiger partial charge in [-0.15, -0.1) is 0 Å². The number of para-hydroxylation sites is 1. The molecule has 0 aliphatic carbocycles. The molecule has 1 saturated heterocycles. The number of benzene rings is 2. The van der Waals surface area contributed by atoms with Crippen LogP contribution in [-0.2, 0) is 6.18 Å². The standard InChI is InChI=1S/C21H24F3N3S/c1-25-12-14-26(15-13-25)10-5-11-27-17-7-2-3-9-19(17)28-20-16(21(22,23)24)6-4-8-18(20)27/h2-4,6-9H,5,10-15H2,1H3. The Morgan fingerprint density at radius 2 is 1.61 bits per heavy atom. The van der Waals surface area contributed by atoms with E-state index in [1.165, 1.54) is 23.9 Å². The zero-order valence-electron chi connectivity index (χ0n) is 15.9. The second-order valence-electron chi connectivity index (χ2n) is 7.37. The molecule has 0 radical (unpaired) electrons. The molecule has 0 aromatic heterocycles. The van der Waals surface area contributed by atoms with Crippen LogP contribution >= 0.6 is 11.8 Å². The van der Waals surface area contributed by atoms with Crippen molar-refractivity contribution in [3.63, 3.8) is 0 Å². The Kier molecular flexibility index (Phi) is 5.58. The molecule has 2 aliphatic rings. The lowest BCUT2D eigenvalue weighted by Crippen LogP contribution is -2.45. The molecule has 3 nitrogen and oxygen atoms in total. The van der Waals surface area contributed by atoms with Crippen LogP contribution in [0, 0.1) is 0 Å². The second-order valence-corrected chi connectivity index (χ2v) is 8.42. The minimum Gasteiger partial charge on any atom is -0.340 e. The van der Waals surface area contributed by atoms with Crippen LogP contribution in [0.25, 0.3) is 0 Å². The van der Waals surface area contributed by atoms with Gasteiger partial charge in [-0.1, -0.05) is 30.0 Å². The Morgan fingerprint density at radius 3 is 2.36 bits per heavy atom. The van der Waals surface area contributed by atoms with Gasteiger partial charge in [0, 0.05) is 42.5 Å². The van der Waals surface area contributed by atoms with Gasteiger partial charge in [0.05, 0.1) is 16.9 Å². The van der Waals surface area contributed by atoms with Gasteiger partial charge in [0.1, 0.15) is 0 Å². The first kappa shape index (κ1) is 19.6. The van der Waals surface area contributed by atoms with Crippen LogP contribution in [0.4, 0.5) is 24.5 Å². The molecule has 150 valence electrons. The maximum Gasteiger partial charge on any atom is 0.417 e. The first-order valence-electron chi connectivity index (χ1n) is 9.59. The summed E-state index contributed by atoms with van der Waals surface area (Å²) in [4.78, 5) is 8.02. The number of fused-ring (bicyclic) bond motifs is 2. The highest BCUT2D eigenvalue weighted by atomic mass is 32.2. The summed E-state index contributed by atoms with van der Waals surface area (Å²) >= 11 is 1.22. The number of rotatable bonds is 4. The van der Waals surface area contributed by atoms with Crippen molar-refractivity contribution in [2.24, 2.45) is 0 Å². The van der Waals surface area contributed by atoms with Gasteiger partial charge in [-0.2, -0.15) is 13.2 Å². The molecule has 2 aromatic carbocycles. The van der Waals surface area contributed by atoms with Gasteiger partial charge in [0.15, 0.2) is 0 Å². The number of hydrogen-bond acceptors (Lipinski definition) is 4. The number of anilines is 2. The van der Waals surface area contributed by atoms with Crippen LogP contribution in [0.15, 0.2) is 52.3 Å². The van der Waals surface area contributed by atoms with E-state index >= 15 is 0 Å². The number of piperazine rings is 1. The van der Waals surface area contributed by atoms with Crippen molar-refractivity contribution in [2.75, 3.05) is 51.2 Å². The van der Waals surface area contributed by atoms with Gasteiger partial charge < -0.3 is 14.7 Å². The van der Waals surface area contributed by atoms with Gasteiger partial charge in [0.25, 0.3) is 0 Å². The van der Waals surface area contributed by atoms with E-state index in [-0.39, 0.29) is 0 Å². The first-order valence-corrected chi connectivity index (χ1v) is 10.4. The minimum absolute atomic E-state index is 0.313. The molecule has 7 heteroatoms. The average Bonchev–Trinajstić information content (AvgIpc) is 2.67. The Bertz CT molecular complexity index is 832. The number of halogens is 3. The SMILES string of the molecule is CN1CCN(CCCN2c3ccccc3Sc3c2cccc3C(F)(F)F)CC1. The summed E-state index contributed by atoms with van der Waals surface area (Å²) in [6.07, 6.45) is -3.44. The lowest BCUT2D eigenvalue weighted by Gasteiger charge is -2.36. The fourth-order valence-electron chi connectivity index (χ4n) is 3.84. The maximum atomic E-state index is 13.6. The molecule has 2 aromatic rings. The van der Waals surface area contributed by atoms with Crippen LogP contribution in [0.2, 0.25) is 0 Å². The molecule has 0 atom stereocenters. The topological polar surface area (TPSA) is 9.72 Å². The lowest BCUT2D eigenvalue weighted by atomic mass is 10.1. The van der Waals surface area contributed by atoms with Gasteiger partial charge in [-0.05, 0) is 44.3 Å². The molecule has 0 bridgehead atoms. The smallest absolute Gasteiger partial charge is 0.340 e. The summed E-state index contributed by atoms with van der Waals surface area (Å²) < 4.78 is 40.7. The molecule has 2 aliphatic heterocycles. The average molecular weight is 408 g/mol. The first-order chi connectivity index (χ1) is 13.4. The van der Waals surface area contributed by atoms with Gasteiger partial charge in [0.2, 0.25) is 0 Å². The fourth-order valence-corrected chi connectivity index (χ4v) is 5.06. The Labute approximate surface area is 168 Å². The molecule has 28 heavy (non-hydrogen) atoms. The van der Waals surface area contributed by atoms with E-state index in [0.717, 1.165) is 49.7 Å². The summed E-state index contributed by atoms with van der Waals surface area (Å²) in [5.74, 6) is 0. The van der Waals surface area contributed by atoms with Crippen molar-refractivity contribution in [3.05, 3.63) is 48.0 Å². The highest BCUT2D eigenvalue weighted by Crippen LogP contribution is 2.52. The second kappa shape index (κ2) is 7.97. The zero-order valence-corrected chi connectivity index (χ0v) is 16.7. The third-order valence-electron chi connectivity index (χ3n) is 5.41. The van der Waals surface area contributed by atoms with Crippen molar-refractivity contribution in [1.82, 2.24) is 9.80 Å². The van der Waals surface area contributed by atoms with E-state index in [4.69, 9.17) is 0 Å². The van der Waals surface area contributed by atoms with Gasteiger partial charge in [-0.25, -0.2) is 0 Å². The van der Waals surface area contributed by atoms with E-state index in [2.05, 4.69) is 21.7 Å². The predicted octanol–water partition coefficient (Wildman–Crippen LogP) is 4.95. The molecule has 4 rings (SSSR count). The summed E-state index contributed by atoms with van der Waals surface area (Å²) in [5.41, 5.74) is 1.11. The van der Waals surface area contributed by atoms with E-state index in [1.807, 2.05) is 30.3 Å². The van der Waals surface area contributed by atoms with E-state index in [0.29, 0.717) is 17.1 Å². The quantitative estimate of drug-likeness (QED) is 0.709. The van der Waals surface area contributed by atoms with Crippen molar-refractivity contribution in [1.29, 1.82) is 0 Å². The predicted molar refractivity (Wildman–Crippen MR) is 108 cm³/mol. The summed E-state index contributed by atoms with van der Waals surface area (Å²) in [6.45, 7) is 5.92. The molecule has 0 saturated carbocycles. The third-order valence-corrected chi connectivity index (χ3v) is 6.61. The molecule has 0 unspecified atom stereocenters. The fraction of sp³-hybridized carbons (Fsp3) is 0.429. The molecular formula is C21H24F3N3S. The molecule has 0 amide bonds. The van der Waals surface area contributed by atoms with E-state index in [1.54, 1.807) is 0 Å². The number of likely N-dealkylation sites (N-methyl/N-ethyl adjacent to an activating group) is 1. The molecule has 0 spiro atoms. The Morgan fingerprint density at radius 1 is 0.893 bits per heavy atom. The Balaban J connectivity index is 1.57. The summed E-state index contributed by atoms with van der Waals surface area (Å²) in [5, 5.41) is 0. The molecular weight excluding hydrogens is 383 g/mol. The van der Waals surface area contributed by atoms with Crippen LogP contribution in [0.5, 0.6) is 0 Å². The lowest BCUT2D eigenvalue weighted by molar-refractivity contribution is -0.139. The largest absolute Gasteiger partial charge is 0.417 e. The maximum absolute atomic E-state index is 13.6. The summed E-state index contributed by atoms with van der Waals surface area (Å²) in [7, 11) is 2.13. The third kappa shape index (κ3) is 4.02. The van der Waals surface area contributed by atoms with Crippen LogP contribution in [0.1, 0.15) is 12.0 Å². The van der Waals surface area contributed by atoms with Gasteiger partial charge >= 0.3 is 6.18 Å². The highest BCUT2D eigenvalue weighted by molar-refractivity contribution is 7.99. The van der Waals surface area contributed by atoms with Crippen LogP contribution < -0.4 is 4.90 Å². The highest BCUT2D eigenvalue weighted by Gasteiger charge is 2.37. The van der Waals surface area contributed by atoms with Crippen LogP contribution in [0.3, 0.4) is 0 Å². The number of nitrogens with zero attached hydrogens (tertiary/aromatic N) is 3. The Hall–Kier alpha value is -1.70. The summed E-state index contributed by atoms with van der Waals surface area (Å²) in [6, 6.07) is 12.3.